The number of imidazole rings is 1. The van der Waals surface area contributed by atoms with Gasteiger partial charge in [-0.15, -0.1) is 0 Å². The monoisotopic (exact) mass is 407 g/mol. The summed E-state index contributed by atoms with van der Waals surface area (Å²) < 4.78 is 7.05. The van der Waals surface area contributed by atoms with E-state index in [1.807, 2.05) is 20.8 Å². The Hall–Kier alpha value is -0.560. The second kappa shape index (κ2) is 6.05. The van der Waals surface area contributed by atoms with Crippen LogP contribution in [0.25, 0.3) is 0 Å². The van der Waals surface area contributed by atoms with E-state index in [1.165, 1.54) is 0 Å². The summed E-state index contributed by atoms with van der Waals surface area (Å²) in [5.41, 5.74) is -0.440. The molecule has 112 valence electrons. The van der Waals surface area contributed by atoms with Gasteiger partial charge in [-0.1, -0.05) is 0 Å². The molecule has 0 atom stereocenters. The van der Waals surface area contributed by atoms with Crippen molar-refractivity contribution in [1.29, 1.82) is 0 Å². The van der Waals surface area contributed by atoms with Gasteiger partial charge < -0.3 is 14.6 Å². The summed E-state index contributed by atoms with van der Waals surface area (Å²) >= 11 is 6.78. The van der Waals surface area contributed by atoms with Gasteiger partial charge in [-0.3, -0.25) is 0 Å². The molecule has 1 aliphatic heterocycles. The first-order valence-electron chi connectivity index (χ1n) is 6.65. The number of likely N-dealkylation sites (tertiary alicyclic amines) is 1. The molecular formula is C13H19Br2N3O2. The van der Waals surface area contributed by atoms with E-state index in [0.29, 0.717) is 19.0 Å². The van der Waals surface area contributed by atoms with E-state index in [1.54, 1.807) is 4.90 Å². The number of amides is 1. The highest BCUT2D eigenvalue weighted by Gasteiger charge is 2.28. The van der Waals surface area contributed by atoms with Crippen LogP contribution in [0.2, 0.25) is 0 Å². The first-order valence-corrected chi connectivity index (χ1v) is 8.23. The fourth-order valence-electron chi connectivity index (χ4n) is 2.20. The van der Waals surface area contributed by atoms with E-state index in [2.05, 4.69) is 41.8 Å². The van der Waals surface area contributed by atoms with Crippen LogP contribution in [-0.4, -0.2) is 39.7 Å². The van der Waals surface area contributed by atoms with E-state index in [-0.39, 0.29) is 6.09 Å². The molecule has 0 aliphatic carbocycles. The molecule has 0 spiro atoms. The minimum Gasteiger partial charge on any atom is -0.444 e. The third-order valence-electron chi connectivity index (χ3n) is 3.17. The lowest BCUT2D eigenvalue weighted by atomic mass is 9.96. The average Bonchev–Trinajstić information content (AvgIpc) is 2.68. The molecule has 1 aliphatic rings. The van der Waals surface area contributed by atoms with Crippen molar-refractivity contribution >= 4 is 38.0 Å². The molecule has 5 nitrogen and oxygen atoms in total. The number of carbonyl (C=O) groups excluding carboxylic acids is 1. The predicted molar refractivity (Wildman–Crippen MR) is 83.8 cm³/mol. The Morgan fingerprint density at radius 1 is 1.35 bits per heavy atom. The Balaban J connectivity index is 1.91. The lowest BCUT2D eigenvalue weighted by molar-refractivity contribution is 0.0203. The number of ether oxygens (including phenoxy) is 1. The van der Waals surface area contributed by atoms with Crippen LogP contribution in [0.5, 0.6) is 0 Å². The van der Waals surface area contributed by atoms with Crippen LogP contribution in [0.15, 0.2) is 9.21 Å². The molecule has 2 rings (SSSR count). The zero-order valence-electron chi connectivity index (χ0n) is 11.9. The van der Waals surface area contributed by atoms with Gasteiger partial charge in [-0.2, -0.15) is 0 Å². The molecule has 1 amide bonds. The third-order valence-corrected chi connectivity index (χ3v) is 4.85. The van der Waals surface area contributed by atoms with Crippen molar-refractivity contribution in [3.63, 3.8) is 0 Å². The molecule has 1 saturated heterocycles. The normalized spacial score (nSPS) is 17.4. The number of H-pyrrole nitrogens is 1. The number of piperidine rings is 1. The number of carbonyl (C=O) groups is 1. The molecule has 1 aromatic heterocycles. The summed E-state index contributed by atoms with van der Waals surface area (Å²) in [7, 11) is 0. The van der Waals surface area contributed by atoms with E-state index in [0.717, 1.165) is 27.9 Å². The smallest absolute Gasteiger partial charge is 0.410 e. The summed E-state index contributed by atoms with van der Waals surface area (Å²) in [6, 6.07) is 0. The van der Waals surface area contributed by atoms with Gasteiger partial charge in [0.2, 0.25) is 0 Å². The molecule has 0 saturated carbocycles. The van der Waals surface area contributed by atoms with Gasteiger partial charge in [0.15, 0.2) is 0 Å². The quantitative estimate of drug-likeness (QED) is 0.762. The molecule has 7 heteroatoms. The maximum Gasteiger partial charge on any atom is 0.410 e. The molecule has 1 N–H and O–H groups in total. The second-order valence-electron chi connectivity index (χ2n) is 5.97. The zero-order chi connectivity index (χ0) is 14.9. The van der Waals surface area contributed by atoms with E-state index in [4.69, 9.17) is 4.74 Å². The summed E-state index contributed by atoms with van der Waals surface area (Å²) in [6.45, 7) is 7.06. The molecule has 2 heterocycles. The fraction of sp³-hybridized carbons (Fsp3) is 0.692. The Labute approximate surface area is 135 Å². The number of rotatable bonds is 1. The number of aromatic nitrogens is 2. The van der Waals surface area contributed by atoms with Crippen molar-refractivity contribution in [3.8, 4) is 0 Å². The van der Waals surface area contributed by atoms with Crippen molar-refractivity contribution < 1.29 is 9.53 Å². The highest BCUT2D eigenvalue weighted by atomic mass is 79.9. The summed E-state index contributed by atoms with van der Waals surface area (Å²) in [4.78, 5) is 21.4. The third kappa shape index (κ3) is 3.97. The van der Waals surface area contributed by atoms with Gasteiger partial charge in [0.25, 0.3) is 0 Å². The number of aromatic amines is 1. The molecule has 0 bridgehead atoms. The van der Waals surface area contributed by atoms with Crippen molar-refractivity contribution in [2.45, 2.75) is 45.1 Å². The lowest BCUT2D eigenvalue weighted by Crippen LogP contribution is -2.41. The predicted octanol–water partition coefficient (Wildman–Crippen LogP) is 4.05. The SMILES string of the molecule is CC(C)(C)OC(=O)N1CCC(c2nc(Br)c(Br)[nH]2)CC1. The van der Waals surface area contributed by atoms with Gasteiger partial charge in [0, 0.05) is 19.0 Å². The van der Waals surface area contributed by atoms with E-state index < -0.39 is 5.60 Å². The number of hydrogen-bond donors (Lipinski definition) is 1. The van der Waals surface area contributed by atoms with E-state index >= 15 is 0 Å². The van der Waals surface area contributed by atoms with Crippen molar-refractivity contribution in [3.05, 3.63) is 15.0 Å². The molecular weight excluding hydrogens is 390 g/mol. The number of hydrogen-bond acceptors (Lipinski definition) is 3. The first-order chi connectivity index (χ1) is 9.26. The Morgan fingerprint density at radius 3 is 2.40 bits per heavy atom. The van der Waals surface area contributed by atoms with Crippen LogP contribution in [0.4, 0.5) is 4.79 Å². The van der Waals surface area contributed by atoms with E-state index in [9.17, 15) is 4.79 Å². The van der Waals surface area contributed by atoms with Gasteiger partial charge in [0.05, 0.1) is 0 Å². The van der Waals surface area contributed by atoms with Crippen molar-refractivity contribution in [1.82, 2.24) is 14.9 Å². The molecule has 20 heavy (non-hydrogen) atoms. The maximum absolute atomic E-state index is 12.0. The zero-order valence-corrected chi connectivity index (χ0v) is 15.0. The second-order valence-corrected chi connectivity index (χ2v) is 7.51. The number of nitrogens with zero attached hydrogens (tertiary/aromatic N) is 2. The van der Waals surface area contributed by atoms with Crippen LogP contribution in [-0.2, 0) is 4.74 Å². The Kier molecular flexibility index (Phi) is 4.79. The van der Waals surface area contributed by atoms with Gasteiger partial charge in [0.1, 0.15) is 20.6 Å². The minimum atomic E-state index is -0.440. The van der Waals surface area contributed by atoms with Crippen LogP contribution < -0.4 is 0 Å². The van der Waals surface area contributed by atoms with Crippen LogP contribution in [0.3, 0.4) is 0 Å². The fourth-order valence-corrected chi connectivity index (χ4v) is 2.78. The molecule has 1 aromatic rings. The average molecular weight is 409 g/mol. The minimum absolute atomic E-state index is 0.224. The number of nitrogens with one attached hydrogen (secondary N) is 1. The van der Waals surface area contributed by atoms with Crippen molar-refractivity contribution in [2.24, 2.45) is 0 Å². The van der Waals surface area contributed by atoms with Crippen LogP contribution in [0, 0.1) is 0 Å². The van der Waals surface area contributed by atoms with Crippen LogP contribution in [0.1, 0.15) is 45.4 Å². The molecule has 1 fully saturated rings. The molecule has 0 radical (unpaired) electrons. The Morgan fingerprint density at radius 2 is 1.95 bits per heavy atom. The summed E-state index contributed by atoms with van der Waals surface area (Å²) in [5, 5.41) is 0. The maximum atomic E-state index is 12.0. The standard InChI is InChI=1S/C13H19Br2N3O2/c1-13(2,3)20-12(19)18-6-4-8(5-7-18)11-16-9(14)10(15)17-11/h8H,4-7H2,1-3H3,(H,16,17). The van der Waals surface area contributed by atoms with Gasteiger partial charge in [-0.25, -0.2) is 9.78 Å². The largest absolute Gasteiger partial charge is 0.444 e. The summed E-state index contributed by atoms with van der Waals surface area (Å²) in [6.07, 6.45) is 1.56. The van der Waals surface area contributed by atoms with Gasteiger partial charge >= 0.3 is 6.09 Å². The first kappa shape index (κ1) is 15.8. The summed E-state index contributed by atoms with van der Waals surface area (Å²) in [5.74, 6) is 1.32. The van der Waals surface area contributed by atoms with Crippen molar-refractivity contribution in [2.75, 3.05) is 13.1 Å². The van der Waals surface area contributed by atoms with Crippen LogP contribution >= 0.6 is 31.9 Å². The molecule has 0 unspecified atom stereocenters. The Bertz CT molecular complexity index is 469. The molecule has 0 aromatic carbocycles. The topological polar surface area (TPSA) is 58.2 Å². The number of halogens is 2. The highest BCUT2D eigenvalue weighted by Crippen LogP contribution is 2.30. The highest BCUT2D eigenvalue weighted by molar-refractivity contribution is 9.13. The lowest BCUT2D eigenvalue weighted by Gasteiger charge is -2.32. The van der Waals surface area contributed by atoms with Gasteiger partial charge in [-0.05, 0) is 65.5 Å².